The van der Waals surface area contributed by atoms with Crippen LogP contribution in [0.2, 0.25) is 0 Å². The number of carbonyl (C=O) groups is 2. The van der Waals surface area contributed by atoms with Gasteiger partial charge in [0.15, 0.2) is 0 Å². The second kappa shape index (κ2) is 16.5. The van der Waals surface area contributed by atoms with E-state index >= 15 is 0 Å². The van der Waals surface area contributed by atoms with Gasteiger partial charge in [0.05, 0.1) is 25.4 Å². The van der Waals surface area contributed by atoms with Crippen LogP contribution >= 0.6 is 0 Å². The summed E-state index contributed by atoms with van der Waals surface area (Å²) in [6.07, 6.45) is 11.6. The van der Waals surface area contributed by atoms with E-state index in [1.54, 1.807) is 0 Å². The highest BCUT2D eigenvalue weighted by molar-refractivity contribution is 7.85. The maximum absolute atomic E-state index is 11.8. The van der Waals surface area contributed by atoms with Crippen LogP contribution in [0.15, 0.2) is 12.2 Å². The van der Waals surface area contributed by atoms with E-state index in [9.17, 15) is 18.0 Å². The highest BCUT2D eigenvalue weighted by atomic mass is 32.2. The molecule has 0 aromatic heterocycles. The molecule has 0 atom stereocenters. The number of esters is 2. The van der Waals surface area contributed by atoms with Crippen molar-refractivity contribution >= 4 is 22.1 Å². The van der Waals surface area contributed by atoms with Crippen LogP contribution in [0.5, 0.6) is 0 Å². The van der Waals surface area contributed by atoms with Crippen LogP contribution in [0, 0.1) is 0 Å². The average Bonchev–Trinajstić information content (AvgIpc) is 2.62. The van der Waals surface area contributed by atoms with E-state index < -0.39 is 27.8 Å². The number of hydrogen-bond acceptors (Lipinski definition) is 6. The van der Waals surface area contributed by atoms with E-state index in [0.29, 0.717) is 6.61 Å². The minimum Gasteiger partial charge on any atom is -0.465 e. The first-order valence-corrected chi connectivity index (χ1v) is 11.8. The predicted octanol–water partition coefficient (Wildman–Crippen LogP) is 4.22. The van der Waals surface area contributed by atoms with Crippen molar-refractivity contribution in [1.29, 1.82) is 0 Å². The second-order valence-electron chi connectivity index (χ2n) is 6.96. The summed E-state index contributed by atoms with van der Waals surface area (Å²) >= 11 is 0. The van der Waals surface area contributed by atoms with Crippen LogP contribution < -0.4 is 0 Å². The highest BCUT2D eigenvalue weighted by Crippen LogP contribution is 2.11. The Bertz CT molecular complexity index is 555. The van der Waals surface area contributed by atoms with Crippen molar-refractivity contribution < 1.29 is 32.0 Å². The molecule has 0 bridgehead atoms. The number of hydrogen-bond donors (Lipinski definition) is 1. The summed E-state index contributed by atoms with van der Waals surface area (Å²) in [6, 6.07) is 0. The molecular weight excluding hydrogens is 384 g/mol. The Morgan fingerprint density at radius 2 is 1.32 bits per heavy atom. The fourth-order valence-corrected chi connectivity index (χ4v) is 3.06. The summed E-state index contributed by atoms with van der Waals surface area (Å²) in [5, 5.41) is 0. The Balaban J connectivity index is 3.60. The molecule has 0 aliphatic rings. The standard InChI is InChI=1S/C20H36O7S/c1-3-4-5-6-7-8-9-10-11-12-14-27-20(22)18(2)17-19(21)26-15-13-16-28(23,24)25/h2-17H2,1H3,(H,23,24,25). The van der Waals surface area contributed by atoms with Crippen molar-refractivity contribution in [2.24, 2.45) is 0 Å². The lowest BCUT2D eigenvalue weighted by molar-refractivity contribution is -0.146. The van der Waals surface area contributed by atoms with E-state index in [-0.39, 0.29) is 25.0 Å². The maximum Gasteiger partial charge on any atom is 0.333 e. The first-order valence-electron chi connectivity index (χ1n) is 10.2. The van der Waals surface area contributed by atoms with Crippen LogP contribution in [0.1, 0.15) is 84.0 Å². The molecule has 8 heteroatoms. The quantitative estimate of drug-likeness (QED) is 0.153. The number of carbonyl (C=O) groups excluding carboxylic acids is 2. The molecule has 0 amide bonds. The number of ether oxygens (including phenoxy) is 2. The zero-order valence-corrected chi connectivity index (χ0v) is 17.9. The molecular formula is C20H36O7S. The van der Waals surface area contributed by atoms with Crippen molar-refractivity contribution in [3.05, 3.63) is 12.2 Å². The van der Waals surface area contributed by atoms with Crippen molar-refractivity contribution in [3.8, 4) is 0 Å². The highest BCUT2D eigenvalue weighted by Gasteiger charge is 2.14. The lowest BCUT2D eigenvalue weighted by Crippen LogP contribution is -2.15. The normalized spacial score (nSPS) is 11.2. The van der Waals surface area contributed by atoms with Crippen molar-refractivity contribution in [2.45, 2.75) is 84.0 Å². The van der Waals surface area contributed by atoms with Crippen LogP contribution in [-0.2, 0) is 29.2 Å². The summed E-state index contributed by atoms with van der Waals surface area (Å²) in [5.41, 5.74) is 0.00635. The third kappa shape index (κ3) is 18.0. The van der Waals surface area contributed by atoms with Gasteiger partial charge in [0.25, 0.3) is 10.1 Å². The molecule has 0 aliphatic carbocycles. The van der Waals surface area contributed by atoms with Crippen LogP contribution in [0.3, 0.4) is 0 Å². The lowest BCUT2D eigenvalue weighted by atomic mass is 10.1. The van der Waals surface area contributed by atoms with E-state index in [0.717, 1.165) is 19.3 Å². The SMILES string of the molecule is C=C(CC(=O)OCCCS(=O)(=O)O)C(=O)OCCCCCCCCCCCC. The molecule has 0 radical (unpaired) electrons. The molecule has 28 heavy (non-hydrogen) atoms. The van der Waals surface area contributed by atoms with Gasteiger partial charge in [-0.2, -0.15) is 8.42 Å². The lowest BCUT2D eigenvalue weighted by Gasteiger charge is -2.08. The molecule has 0 saturated heterocycles. The Kier molecular flexibility index (Phi) is 15.7. The minimum absolute atomic E-state index is 0.00635. The smallest absolute Gasteiger partial charge is 0.333 e. The minimum atomic E-state index is -4.07. The monoisotopic (exact) mass is 420 g/mol. The number of unbranched alkanes of at least 4 members (excludes halogenated alkanes) is 9. The van der Waals surface area contributed by atoms with Crippen LogP contribution in [0.4, 0.5) is 0 Å². The Morgan fingerprint density at radius 1 is 0.821 bits per heavy atom. The van der Waals surface area contributed by atoms with Crippen LogP contribution in [-0.4, -0.2) is 43.9 Å². The first-order chi connectivity index (χ1) is 13.3. The van der Waals surface area contributed by atoms with Gasteiger partial charge >= 0.3 is 11.9 Å². The third-order valence-electron chi connectivity index (χ3n) is 4.19. The zero-order chi connectivity index (χ0) is 21.3. The summed E-state index contributed by atoms with van der Waals surface area (Å²) in [6.45, 7) is 5.88. The Hall–Kier alpha value is -1.41. The van der Waals surface area contributed by atoms with E-state index in [1.165, 1.54) is 44.9 Å². The Morgan fingerprint density at radius 3 is 1.86 bits per heavy atom. The summed E-state index contributed by atoms with van der Waals surface area (Å²) in [7, 11) is -4.07. The van der Waals surface area contributed by atoms with E-state index in [4.69, 9.17) is 14.0 Å². The Labute approximate surface area is 169 Å². The molecule has 0 rings (SSSR count). The predicted molar refractivity (Wildman–Crippen MR) is 109 cm³/mol. The van der Waals surface area contributed by atoms with Gasteiger partial charge < -0.3 is 9.47 Å². The van der Waals surface area contributed by atoms with Gasteiger partial charge in [-0.3, -0.25) is 9.35 Å². The third-order valence-corrected chi connectivity index (χ3v) is 4.99. The summed E-state index contributed by atoms with van der Waals surface area (Å²) in [5.74, 6) is -1.79. The van der Waals surface area contributed by atoms with E-state index in [1.807, 2.05) is 0 Å². The molecule has 0 aliphatic heterocycles. The van der Waals surface area contributed by atoms with Gasteiger partial charge in [-0.25, -0.2) is 4.79 Å². The zero-order valence-electron chi connectivity index (χ0n) is 17.1. The fourth-order valence-electron chi connectivity index (χ4n) is 2.58. The van der Waals surface area contributed by atoms with Gasteiger partial charge in [0.2, 0.25) is 0 Å². The molecule has 0 saturated carbocycles. The van der Waals surface area contributed by atoms with Crippen molar-refractivity contribution in [2.75, 3.05) is 19.0 Å². The molecule has 0 aromatic rings. The van der Waals surface area contributed by atoms with Gasteiger partial charge in [-0.05, 0) is 12.8 Å². The molecule has 0 aromatic carbocycles. The largest absolute Gasteiger partial charge is 0.465 e. The summed E-state index contributed by atoms with van der Waals surface area (Å²) in [4.78, 5) is 23.3. The average molecular weight is 421 g/mol. The fraction of sp³-hybridized carbons (Fsp3) is 0.800. The topological polar surface area (TPSA) is 107 Å². The molecule has 0 spiro atoms. The van der Waals surface area contributed by atoms with Gasteiger partial charge in [0.1, 0.15) is 0 Å². The molecule has 1 N–H and O–H groups in total. The molecule has 164 valence electrons. The van der Waals surface area contributed by atoms with E-state index in [2.05, 4.69) is 13.5 Å². The van der Waals surface area contributed by atoms with Crippen molar-refractivity contribution in [3.63, 3.8) is 0 Å². The van der Waals surface area contributed by atoms with Crippen LogP contribution in [0.25, 0.3) is 0 Å². The van der Waals surface area contributed by atoms with Crippen molar-refractivity contribution in [1.82, 2.24) is 0 Å². The second-order valence-corrected chi connectivity index (χ2v) is 8.53. The summed E-state index contributed by atoms with van der Waals surface area (Å²) < 4.78 is 39.5. The van der Waals surface area contributed by atoms with Gasteiger partial charge in [0, 0.05) is 5.57 Å². The maximum atomic E-state index is 11.8. The molecule has 0 unspecified atom stereocenters. The number of rotatable bonds is 18. The molecule has 7 nitrogen and oxygen atoms in total. The van der Waals surface area contributed by atoms with Gasteiger partial charge in [-0.1, -0.05) is 71.3 Å². The molecule has 0 fully saturated rings. The molecule has 0 heterocycles. The first kappa shape index (κ1) is 26.6. The van der Waals surface area contributed by atoms with Gasteiger partial charge in [-0.15, -0.1) is 0 Å².